The molecule has 26 heavy (non-hydrogen) atoms. The van der Waals surface area contributed by atoms with E-state index < -0.39 is 0 Å². The number of amides is 2. The predicted molar refractivity (Wildman–Crippen MR) is 95.3 cm³/mol. The van der Waals surface area contributed by atoms with Crippen LogP contribution < -0.4 is 5.32 Å². The summed E-state index contributed by atoms with van der Waals surface area (Å²) in [6.45, 7) is 5.15. The van der Waals surface area contributed by atoms with E-state index >= 15 is 0 Å². The van der Waals surface area contributed by atoms with Crippen molar-refractivity contribution in [3.8, 4) is 0 Å². The Morgan fingerprint density at radius 2 is 2.04 bits per heavy atom. The summed E-state index contributed by atoms with van der Waals surface area (Å²) in [5.41, 5.74) is 2.48. The molecule has 7 nitrogen and oxygen atoms in total. The van der Waals surface area contributed by atoms with Crippen LogP contribution in [0.25, 0.3) is 0 Å². The third-order valence-corrected chi connectivity index (χ3v) is 4.19. The molecule has 2 amide bonds. The number of benzene rings is 1. The summed E-state index contributed by atoms with van der Waals surface area (Å²) in [5.74, 6) is 0.385. The van der Waals surface area contributed by atoms with Gasteiger partial charge in [0.15, 0.2) is 5.82 Å². The van der Waals surface area contributed by atoms with Crippen molar-refractivity contribution in [2.75, 3.05) is 19.7 Å². The average Bonchev–Trinajstić information content (AvgIpc) is 2.67. The number of carbonyl (C=O) groups is 2. The van der Waals surface area contributed by atoms with Gasteiger partial charge in [-0.15, -0.1) is 0 Å². The number of aryl methyl sites for hydroxylation is 1. The van der Waals surface area contributed by atoms with Crippen molar-refractivity contribution in [2.24, 2.45) is 0 Å². The van der Waals surface area contributed by atoms with Crippen molar-refractivity contribution in [1.29, 1.82) is 0 Å². The largest absolute Gasteiger partial charge is 0.367 e. The SMILES string of the molecule is CC(=O)NCc1ccnc(C2CN(C(=O)c3ccc(C)cc3)CCO2)n1. The zero-order valence-corrected chi connectivity index (χ0v) is 14.9. The minimum atomic E-state index is -0.379. The smallest absolute Gasteiger partial charge is 0.254 e. The van der Waals surface area contributed by atoms with Crippen LogP contribution in [0.3, 0.4) is 0 Å². The number of morpholine rings is 1. The fourth-order valence-electron chi connectivity index (χ4n) is 2.75. The Kier molecular flexibility index (Phi) is 5.58. The van der Waals surface area contributed by atoms with Crippen LogP contribution in [0.2, 0.25) is 0 Å². The number of rotatable bonds is 4. The van der Waals surface area contributed by atoms with Crippen molar-refractivity contribution in [2.45, 2.75) is 26.5 Å². The average molecular weight is 354 g/mol. The first-order valence-electron chi connectivity index (χ1n) is 8.57. The van der Waals surface area contributed by atoms with Gasteiger partial charge in [0.05, 0.1) is 25.4 Å². The Morgan fingerprint density at radius 3 is 2.77 bits per heavy atom. The topological polar surface area (TPSA) is 84.4 Å². The van der Waals surface area contributed by atoms with Gasteiger partial charge in [0.25, 0.3) is 5.91 Å². The number of hydrogen-bond donors (Lipinski definition) is 1. The molecule has 1 atom stereocenters. The third-order valence-electron chi connectivity index (χ3n) is 4.19. The second-order valence-corrected chi connectivity index (χ2v) is 6.29. The standard InChI is InChI=1S/C19H22N4O3/c1-13-3-5-15(6-4-13)19(25)23-9-10-26-17(12-23)18-20-8-7-16(22-18)11-21-14(2)24/h3-8,17H,9-12H2,1-2H3,(H,21,24). The van der Waals surface area contributed by atoms with Gasteiger partial charge in [-0.2, -0.15) is 0 Å². The van der Waals surface area contributed by atoms with Crippen LogP contribution in [-0.4, -0.2) is 46.4 Å². The Balaban J connectivity index is 1.70. The van der Waals surface area contributed by atoms with Crippen molar-refractivity contribution < 1.29 is 14.3 Å². The van der Waals surface area contributed by atoms with Crippen LogP contribution in [0.5, 0.6) is 0 Å². The highest BCUT2D eigenvalue weighted by Gasteiger charge is 2.28. The first-order valence-corrected chi connectivity index (χ1v) is 8.57. The van der Waals surface area contributed by atoms with Crippen LogP contribution in [0, 0.1) is 6.92 Å². The predicted octanol–water partition coefficient (Wildman–Crippen LogP) is 1.63. The Bertz CT molecular complexity index is 792. The maximum absolute atomic E-state index is 12.7. The molecule has 3 rings (SSSR count). The van der Waals surface area contributed by atoms with Crippen LogP contribution in [0.1, 0.15) is 40.5 Å². The molecular formula is C19H22N4O3. The van der Waals surface area contributed by atoms with E-state index in [9.17, 15) is 9.59 Å². The molecule has 1 aliphatic heterocycles. The van der Waals surface area contributed by atoms with E-state index in [0.717, 1.165) is 5.56 Å². The number of ether oxygens (including phenoxy) is 1. The molecule has 2 aromatic rings. The van der Waals surface area contributed by atoms with Crippen molar-refractivity contribution >= 4 is 11.8 Å². The fourth-order valence-corrected chi connectivity index (χ4v) is 2.75. The lowest BCUT2D eigenvalue weighted by atomic mass is 10.1. The Hall–Kier alpha value is -2.80. The van der Waals surface area contributed by atoms with Crippen molar-refractivity contribution in [3.63, 3.8) is 0 Å². The molecule has 0 saturated carbocycles. The van der Waals surface area contributed by atoms with Crippen LogP contribution in [0.15, 0.2) is 36.5 Å². The van der Waals surface area contributed by atoms with Gasteiger partial charge >= 0.3 is 0 Å². The number of nitrogens with one attached hydrogen (secondary N) is 1. The van der Waals surface area contributed by atoms with E-state index in [1.165, 1.54) is 6.92 Å². The lowest BCUT2D eigenvalue weighted by Crippen LogP contribution is -2.42. The van der Waals surface area contributed by atoms with Gasteiger partial charge in [-0.1, -0.05) is 17.7 Å². The minimum Gasteiger partial charge on any atom is -0.367 e. The zero-order valence-electron chi connectivity index (χ0n) is 14.9. The summed E-state index contributed by atoms with van der Waals surface area (Å²) in [6.07, 6.45) is 1.26. The first kappa shape index (κ1) is 18.0. The molecule has 1 aromatic heterocycles. The summed E-state index contributed by atoms with van der Waals surface area (Å²) in [4.78, 5) is 34.3. The molecule has 7 heteroatoms. The number of hydrogen-bond acceptors (Lipinski definition) is 5. The van der Waals surface area contributed by atoms with Crippen molar-refractivity contribution in [1.82, 2.24) is 20.2 Å². The molecule has 136 valence electrons. The molecule has 1 aromatic carbocycles. The molecule has 1 saturated heterocycles. The first-order chi connectivity index (χ1) is 12.5. The maximum Gasteiger partial charge on any atom is 0.254 e. The van der Waals surface area contributed by atoms with Crippen LogP contribution >= 0.6 is 0 Å². The minimum absolute atomic E-state index is 0.0206. The molecule has 1 fully saturated rings. The van der Waals surface area contributed by atoms with Gasteiger partial charge in [0, 0.05) is 25.2 Å². The highest BCUT2D eigenvalue weighted by molar-refractivity contribution is 5.94. The highest BCUT2D eigenvalue weighted by Crippen LogP contribution is 2.21. The highest BCUT2D eigenvalue weighted by atomic mass is 16.5. The summed E-state index contributed by atoms with van der Waals surface area (Å²) >= 11 is 0. The summed E-state index contributed by atoms with van der Waals surface area (Å²) in [7, 11) is 0. The van der Waals surface area contributed by atoms with E-state index in [2.05, 4.69) is 15.3 Å². The Labute approximate surface area is 152 Å². The molecule has 1 N–H and O–H groups in total. The van der Waals surface area contributed by atoms with Crippen LogP contribution in [0.4, 0.5) is 0 Å². The summed E-state index contributed by atoms with van der Waals surface area (Å²) in [5, 5.41) is 2.71. The molecule has 0 bridgehead atoms. The second kappa shape index (κ2) is 8.05. The number of aromatic nitrogens is 2. The van der Waals surface area contributed by atoms with E-state index in [-0.39, 0.29) is 17.9 Å². The summed E-state index contributed by atoms with van der Waals surface area (Å²) < 4.78 is 5.77. The number of nitrogens with zero attached hydrogens (tertiary/aromatic N) is 3. The molecule has 1 aliphatic rings. The lowest BCUT2D eigenvalue weighted by molar-refractivity contribution is -0.119. The van der Waals surface area contributed by atoms with E-state index in [1.54, 1.807) is 17.2 Å². The normalized spacial score (nSPS) is 17.0. The molecule has 1 unspecified atom stereocenters. The molecule has 0 aliphatic carbocycles. The fraction of sp³-hybridized carbons (Fsp3) is 0.368. The van der Waals surface area contributed by atoms with E-state index in [4.69, 9.17) is 4.74 Å². The summed E-state index contributed by atoms with van der Waals surface area (Å²) in [6, 6.07) is 9.29. The van der Waals surface area contributed by atoms with Crippen molar-refractivity contribution in [3.05, 3.63) is 59.2 Å². The van der Waals surface area contributed by atoms with Gasteiger partial charge in [0.1, 0.15) is 6.10 Å². The van der Waals surface area contributed by atoms with Gasteiger partial charge in [0.2, 0.25) is 5.91 Å². The number of carbonyl (C=O) groups excluding carboxylic acids is 2. The zero-order chi connectivity index (χ0) is 18.5. The van der Waals surface area contributed by atoms with Gasteiger partial charge in [-0.3, -0.25) is 9.59 Å². The van der Waals surface area contributed by atoms with E-state index in [0.29, 0.717) is 43.3 Å². The van der Waals surface area contributed by atoms with Gasteiger partial charge in [-0.25, -0.2) is 9.97 Å². The lowest BCUT2D eigenvalue weighted by Gasteiger charge is -2.32. The van der Waals surface area contributed by atoms with Crippen LogP contribution in [-0.2, 0) is 16.1 Å². The maximum atomic E-state index is 12.7. The molecule has 2 heterocycles. The van der Waals surface area contributed by atoms with Gasteiger partial charge < -0.3 is 15.0 Å². The second-order valence-electron chi connectivity index (χ2n) is 6.29. The molecular weight excluding hydrogens is 332 g/mol. The molecule has 0 spiro atoms. The van der Waals surface area contributed by atoms with Gasteiger partial charge in [-0.05, 0) is 25.1 Å². The third kappa shape index (κ3) is 4.43. The quantitative estimate of drug-likeness (QED) is 0.902. The monoisotopic (exact) mass is 354 g/mol. The molecule has 0 radical (unpaired) electrons. The van der Waals surface area contributed by atoms with E-state index in [1.807, 2.05) is 31.2 Å². The Morgan fingerprint density at radius 1 is 1.27 bits per heavy atom.